The Hall–Kier alpha value is -1.24. The summed E-state index contributed by atoms with van der Waals surface area (Å²) < 4.78 is 4.66. The van der Waals surface area contributed by atoms with Crippen LogP contribution < -0.4 is 0 Å². The van der Waals surface area contributed by atoms with Crippen LogP contribution in [0.4, 0.5) is 0 Å². The Morgan fingerprint density at radius 1 is 1.21 bits per heavy atom. The predicted molar refractivity (Wildman–Crippen MR) is 77.7 cm³/mol. The maximum atomic E-state index is 5.48. The van der Waals surface area contributed by atoms with Crippen molar-refractivity contribution < 1.29 is 0 Å². The summed E-state index contributed by atoms with van der Waals surface area (Å²) >= 11 is 5.48. The van der Waals surface area contributed by atoms with E-state index in [0.717, 1.165) is 36.7 Å². The number of hydrogen-bond donors (Lipinski definition) is 0. The molecule has 0 radical (unpaired) electrons. The standard InChI is InChI=1S/C13H19N5S/c1-15-6-4-7-16(10-9-15)11-18-13(19)17-8-3-2-5-12(17)14-18/h2-3,5,8H,4,6-7,9-11H2,1H3. The summed E-state index contributed by atoms with van der Waals surface area (Å²) in [6.45, 7) is 5.26. The molecule has 1 saturated heterocycles. The lowest BCUT2D eigenvalue weighted by molar-refractivity contribution is 0.212. The molecular weight excluding hydrogens is 258 g/mol. The second-order valence-electron chi connectivity index (χ2n) is 5.13. The Morgan fingerprint density at radius 3 is 2.95 bits per heavy atom. The van der Waals surface area contributed by atoms with Crippen molar-refractivity contribution in [2.45, 2.75) is 13.1 Å². The predicted octanol–water partition coefficient (Wildman–Crippen LogP) is 1.46. The summed E-state index contributed by atoms with van der Waals surface area (Å²) in [5, 5.41) is 4.58. The second-order valence-corrected chi connectivity index (χ2v) is 5.49. The zero-order valence-corrected chi connectivity index (χ0v) is 12.0. The SMILES string of the molecule is CN1CCCN(Cn2nc3ccccn3c2=S)CC1. The van der Waals surface area contributed by atoms with Crippen LogP contribution in [0.15, 0.2) is 24.4 Å². The van der Waals surface area contributed by atoms with Gasteiger partial charge in [0.2, 0.25) is 4.77 Å². The molecule has 0 spiro atoms. The van der Waals surface area contributed by atoms with Crippen molar-refractivity contribution in [2.24, 2.45) is 0 Å². The first-order valence-electron chi connectivity index (χ1n) is 6.69. The van der Waals surface area contributed by atoms with Crippen LogP contribution >= 0.6 is 12.2 Å². The van der Waals surface area contributed by atoms with Gasteiger partial charge in [-0.05, 0) is 44.4 Å². The van der Waals surface area contributed by atoms with Gasteiger partial charge in [-0.15, -0.1) is 0 Å². The highest BCUT2D eigenvalue weighted by molar-refractivity contribution is 7.71. The third kappa shape index (κ3) is 2.70. The Labute approximate surface area is 118 Å². The van der Waals surface area contributed by atoms with Gasteiger partial charge < -0.3 is 4.90 Å². The third-order valence-corrected chi connectivity index (χ3v) is 4.04. The molecular formula is C13H19N5S. The largest absolute Gasteiger partial charge is 0.305 e. The van der Waals surface area contributed by atoms with Crippen molar-refractivity contribution in [3.8, 4) is 0 Å². The lowest BCUT2D eigenvalue weighted by Gasteiger charge is -2.19. The zero-order valence-electron chi connectivity index (χ0n) is 11.2. The zero-order chi connectivity index (χ0) is 13.2. The van der Waals surface area contributed by atoms with Crippen LogP contribution in [0, 0.1) is 4.77 Å². The Kier molecular flexibility index (Phi) is 3.63. The molecule has 0 amide bonds. The molecule has 0 N–H and O–H groups in total. The fourth-order valence-corrected chi connectivity index (χ4v) is 2.74. The van der Waals surface area contributed by atoms with Gasteiger partial charge in [0.05, 0.1) is 6.67 Å². The van der Waals surface area contributed by atoms with Crippen LogP contribution in [0.1, 0.15) is 6.42 Å². The maximum absolute atomic E-state index is 5.48. The highest BCUT2D eigenvalue weighted by Crippen LogP contribution is 2.06. The van der Waals surface area contributed by atoms with Crippen LogP contribution in [-0.2, 0) is 6.67 Å². The summed E-state index contributed by atoms with van der Waals surface area (Å²) in [4.78, 5) is 4.80. The normalized spacial score (nSPS) is 18.8. The molecule has 2 aromatic rings. The average Bonchev–Trinajstić information content (AvgIpc) is 2.58. The molecule has 0 atom stereocenters. The van der Waals surface area contributed by atoms with Gasteiger partial charge in [0, 0.05) is 25.8 Å². The number of nitrogens with zero attached hydrogens (tertiary/aromatic N) is 5. The van der Waals surface area contributed by atoms with Crippen molar-refractivity contribution >= 4 is 17.9 Å². The van der Waals surface area contributed by atoms with Crippen LogP contribution in [0.3, 0.4) is 0 Å². The first-order chi connectivity index (χ1) is 9.24. The molecule has 0 unspecified atom stereocenters. The Morgan fingerprint density at radius 2 is 2.11 bits per heavy atom. The number of rotatable bonds is 2. The highest BCUT2D eigenvalue weighted by atomic mass is 32.1. The summed E-state index contributed by atoms with van der Waals surface area (Å²) in [7, 11) is 2.18. The van der Waals surface area contributed by atoms with Gasteiger partial charge in [0.25, 0.3) is 0 Å². The minimum absolute atomic E-state index is 0.771. The van der Waals surface area contributed by atoms with E-state index in [0.29, 0.717) is 0 Å². The molecule has 0 aromatic carbocycles. The molecule has 0 bridgehead atoms. The van der Waals surface area contributed by atoms with Gasteiger partial charge in [-0.25, -0.2) is 4.68 Å². The van der Waals surface area contributed by atoms with E-state index in [1.54, 1.807) is 0 Å². The lowest BCUT2D eigenvalue weighted by Crippen LogP contribution is -2.31. The molecule has 0 saturated carbocycles. The molecule has 0 aliphatic carbocycles. The maximum Gasteiger partial charge on any atom is 0.203 e. The minimum Gasteiger partial charge on any atom is -0.305 e. The molecule has 3 rings (SSSR count). The van der Waals surface area contributed by atoms with Crippen molar-refractivity contribution in [3.63, 3.8) is 0 Å². The van der Waals surface area contributed by atoms with Crippen LogP contribution in [0.25, 0.3) is 5.65 Å². The first kappa shape index (κ1) is 12.8. The molecule has 19 heavy (non-hydrogen) atoms. The third-order valence-electron chi connectivity index (χ3n) is 3.63. The van der Waals surface area contributed by atoms with E-state index < -0.39 is 0 Å². The molecule has 1 aliphatic heterocycles. The van der Waals surface area contributed by atoms with E-state index in [4.69, 9.17) is 12.2 Å². The smallest absolute Gasteiger partial charge is 0.203 e. The summed E-state index contributed by atoms with van der Waals surface area (Å²) in [6.07, 6.45) is 3.18. The average molecular weight is 277 g/mol. The molecule has 102 valence electrons. The van der Waals surface area contributed by atoms with Gasteiger partial charge in [0.15, 0.2) is 5.65 Å². The van der Waals surface area contributed by atoms with Crippen LogP contribution in [-0.4, -0.2) is 57.2 Å². The number of aromatic nitrogens is 3. The monoisotopic (exact) mass is 277 g/mol. The van der Waals surface area contributed by atoms with Crippen molar-refractivity contribution in [1.82, 2.24) is 24.0 Å². The Bertz CT molecular complexity index is 617. The highest BCUT2D eigenvalue weighted by Gasteiger charge is 2.13. The quantitative estimate of drug-likeness (QED) is 0.777. The van der Waals surface area contributed by atoms with Gasteiger partial charge in [-0.2, -0.15) is 5.10 Å². The number of fused-ring (bicyclic) bond motifs is 1. The number of pyridine rings is 1. The summed E-state index contributed by atoms with van der Waals surface area (Å²) in [5.41, 5.74) is 0.916. The molecule has 3 heterocycles. The van der Waals surface area contributed by atoms with Gasteiger partial charge in [-0.3, -0.25) is 9.30 Å². The van der Waals surface area contributed by atoms with Crippen molar-refractivity contribution in [1.29, 1.82) is 0 Å². The summed E-state index contributed by atoms with van der Waals surface area (Å²) in [5.74, 6) is 0. The van der Waals surface area contributed by atoms with Crippen LogP contribution in [0.2, 0.25) is 0 Å². The van der Waals surface area contributed by atoms with Gasteiger partial charge in [-0.1, -0.05) is 6.07 Å². The Balaban J connectivity index is 1.81. The first-order valence-corrected chi connectivity index (χ1v) is 7.10. The molecule has 1 fully saturated rings. The lowest BCUT2D eigenvalue weighted by atomic mass is 10.4. The number of likely N-dealkylation sites (N-methyl/N-ethyl adjacent to an activating group) is 1. The van der Waals surface area contributed by atoms with Crippen molar-refractivity contribution in [2.75, 3.05) is 33.2 Å². The van der Waals surface area contributed by atoms with Crippen molar-refractivity contribution in [3.05, 3.63) is 29.2 Å². The van der Waals surface area contributed by atoms with E-state index in [1.165, 1.54) is 13.0 Å². The molecule has 2 aromatic heterocycles. The van der Waals surface area contributed by atoms with E-state index in [1.807, 2.05) is 33.5 Å². The fraction of sp³-hybridized carbons (Fsp3) is 0.538. The fourth-order valence-electron chi connectivity index (χ4n) is 2.49. The van der Waals surface area contributed by atoms with Crippen LogP contribution in [0.5, 0.6) is 0 Å². The van der Waals surface area contributed by atoms with E-state index in [-0.39, 0.29) is 0 Å². The topological polar surface area (TPSA) is 28.7 Å². The molecule has 5 nitrogen and oxygen atoms in total. The second kappa shape index (κ2) is 5.40. The van der Waals surface area contributed by atoms with Gasteiger partial charge in [0.1, 0.15) is 0 Å². The number of hydrogen-bond acceptors (Lipinski definition) is 4. The van der Waals surface area contributed by atoms with E-state index in [2.05, 4.69) is 21.9 Å². The molecule has 1 aliphatic rings. The van der Waals surface area contributed by atoms with E-state index in [9.17, 15) is 0 Å². The summed E-state index contributed by atoms with van der Waals surface area (Å²) in [6, 6.07) is 5.96. The van der Waals surface area contributed by atoms with E-state index >= 15 is 0 Å². The van der Waals surface area contributed by atoms with Gasteiger partial charge >= 0.3 is 0 Å². The minimum atomic E-state index is 0.771. The molecule has 6 heteroatoms.